The molecule has 1 heterocycles. The third-order valence-electron chi connectivity index (χ3n) is 3.64. The van der Waals surface area contributed by atoms with Crippen molar-refractivity contribution in [2.75, 3.05) is 6.61 Å². The van der Waals surface area contributed by atoms with E-state index in [-0.39, 0.29) is 24.3 Å². The van der Waals surface area contributed by atoms with Gasteiger partial charge < -0.3 is 14.6 Å². The molecule has 8 heteroatoms. The van der Waals surface area contributed by atoms with Crippen LogP contribution in [0.2, 0.25) is 0 Å². The van der Waals surface area contributed by atoms with Gasteiger partial charge in [0.05, 0.1) is 17.1 Å². The molecule has 7 nitrogen and oxygen atoms in total. The summed E-state index contributed by atoms with van der Waals surface area (Å²) in [5.74, 6) is -2.49. The van der Waals surface area contributed by atoms with Gasteiger partial charge in [0.1, 0.15) is 0 Å². The number of carbonyl (C=O) groups is 1. The molecule has 2 unspecified atom stereocenters. The van der Waals surface area contributed by atoms with E-state index in [1.165, 1.54) is 18.2 Å². The van der Waals surface area contributed by atoms with Gasteiger partial charge in [-0.15, -0.1) is 0 Å². The van der Waals surface area contributed by atoms with E-state index >= 15 is 0 Å². The lowest BCUT2D eigenvalue weighted by molar-refractivity contribution is -0.390. The molecule has 0 aromatic heterocycles. The van der Waals surface area contributed by atoms with E-state index in [0.29, 0.717) is 23.7 Å². The summed E-state index contributed by atoms with van der Waals surface area (Å²) in [7, 11) is 0. The number of carbonyl (C=O) groups excluding carboxylic acids is 1. The van der Waals surface area contributed by atoms with Crippen molar-refractivity contribution in [2.24, 2.45) is 0 Å². The molecule has 0 saturated carbocycles. The Labute approximate surface area is 141 Å². The third kappa shape index (κ3) is 3.88. The highest BCUT2D eigenvalue weighted by Gasteiger charge is 2.48. The highest BCUT2D eigenvalue weighted by Crippen LogP contribution is 2.40. The second kappa shape index (κ2) is 7.37. The molecule has 0 bridgehead atoms. The summed E-state index contributed by atoms with van der Waals surface area (Å²) < 4.78 is 11.3. The molecular formula is C15H18BrNO6. The van der Waals surface area contributed by atoms with Crippen LogP contribution < -0.4 is 0 Å². The molecule has 0 aliphatic carbocycles. The van der Waals surface area contributed by atoms with Gasteiger partial charge in [0.2, 0.25) is 5.79 Å². The van der Waals surface area contributed by atoms with Crippen LogP contribution in [0.5, 0.6) is 0 Å². The number of benzene rings is 1. The van der Waals surface area contributed by atoms with Crippen LogP contribution in [0.1, 0.15) is 38.2 Å². The first-order chi connectivity index (χ1) is 10.9. The van der Waals surface area contributed by atoms with Gasteiger partial charge in [-0.05, 0) is 31.4 Å². The quantitative estimate of drug-likeness (QED) is 0.473. The van der Waals surface area contributed by atoms with Crippen molar-refractivity contribution >= 4 is 27.6 Å². The van der Waals surface area contributed by atoms with Crippen molar-refractivity contribution in [1.82, 2.24) is 0 Å². The normalized spacial score (nSPS) is 24.2. The lowest BCUT2D eigenvalue weighted by atomic mass is 9.93. The van der Waals surface area contributed by atoms with E-state index in [1.54, 1.807) is 0 Å². The molecule has 0 radical (unpaired) electrons. The first-order valence-corrected chi connectivity index (χ1v) is 8.18. The first-order valence-electron chi connectivity index (χ1n) is 7.38. The van der Waals surface area contributed by atoms with Crippen LogP contribution in [0.15, 0.2) is 22.7 Å². The molecule has 1 aliphatic rings. The van der Waals surface area contributed by atoms with E-state index in [4.69, 9.17) is 9.47 Å². The molecule has 1 fully saturated rings. The summed E-state index contributed by atoms with van der Waals surface area (Å²) in [6, 6.07) is 4.20. The van der Waals surface area contributed by atoms with Crippen LogP contribution in [-0.4, -0.2) is 28.7 Å². The van der Waals surface area contributed by atoms with Gasteiger partial charge in [0.15, 0.2) is 6.10 Å². The van der Waals surface area contributed by atoms with Crippen molar-refractivity contribution in [3.63, 3.8) is 0 Å². The second-order valence-electron chi connectivity index (χ2n) is 5.33. The number of ether oxygens (including phenoxy) is 2. The van der Waals surface area contributed by atoms with Crippen molar-refractivity contribution < 1.29 is 24.3 Å². The Bertz CT molecular complexity index is 608. The lowest BCUT2D eigenvalue weighted by Crippen LogP contribution is -2.48. The standard InChI is InChI=1S/C15H18BrNO6/c1-2-4-14(18)23-13-5-3-8-22-15(13,19)11-9-10(16)6-7-12(11)17(20)21/h6-7,9,13,19H,2-5,8H2,1H3. The summed E-state index contributed by atoms with van der Waals surface area (Å²) >= 11 is 3.23. The zero-order valence-corrected chi connectivity index (χ0v) is 14.2. The van der Waals surface area contributed by atoms with Crippen molar-refractivity contribution in [3.8, 4) is 0 Å². The molecule has 23 heavy (non-hydrogen) atoms. The fraction of sp³-hybridized carbons (Fsp3) is 0.533. The van der Waals surface area contributed by atoms with Gasteiger partial charge in [-0.1, -0.05) is 22.9 Å². The van der Waals surface area contributed by atoms with E-state index in [2.05, 4.69) is 15.9 Å². The van der Waals surface area contributed by atoms with Gasteiger partial charge in [0, 0.05) is 17.0 Å². The fourth-order valence-electron chi connectivity index (χ4n) is 2.55. The predicted octanol–water partition coefficient (Wildman–Crippen LogP) is 3.02. The van der Waals surface area contributed by atoms with Crippen LogP contribution in [0.25, 0.3) is 0 Å². The van der Waals surface area contributed by atoms with E-state index in [1.807, 2.05) is 6.92 Å². The number of hydrogen-bond acceptors (Lipinski definition) is 6. The summed E-state index contributed by atoms with van der Waals surface area (Å²) in [5, 5.41) is 22.2. The molecular weight excluding hydrogens is 370 g/mol. The molecule has 1 N–H and O–H groups in total. The van der Waals surface area contributed by atoms with Gasteiger partial charge in [-0.25, -0.2) is 0 Å². The van der Waals surface area contributed by atoms with Crippen molar-refractivity contribution in [3.05, 3.63) is 38.3 Å². The van der Waals surface area contributed by atoms with Crippen molar-refractivity contribution in [1.29, 1.82) is 0 Å². The molecule has 126 valence electrons. The molecule has 1 aromatic rings. The number of aliphatic hydroxyl groups is 1. The van der Waals surface area contributed by atoms with Crippen LogP contribution in [0, 0.1) is 10.1 Å². The Hall–Kier alpha value is -1.51. The zero-order valence-electron chi connectivity index (χ0n) is 12.7. The largest absolute Gasteiger partial charge is 0.456 e. The first kappa shape index (κ1) is 17.8. The summed E-state index contributed by atoms with van der Waals surface area (Å²) in [6.45, 7) is 2.06. The SMILES string of the molecule is CCCC(=O)OC1CCCOC1(O)c1cc(Br)ccc1[N+](=O)[O-]. The van der Waals surface area contributed by atoms with Crippen LogP contribution in [-0.2, 0) is 20.1 Å². The van der Waals surface area contributed by atoms with E-state index in [0.717, 1.165) is 0 Å². The third-order valence-corrected chi connectivity index (χ3v) is 4.13. The van der Waals surface area contributed by atoms with Gasteiger partial charge in [0.25, 0.3) is 5.69 Å². The minimum Gasteiger partial charge on any atom is -0.456 e. The average Bonchev–Trinajstić information content (AvgIpc) is 2.49. The molecule has 1 saturated heterocycles. The highest BCUT2D eigenvalue weighted by molar-refractivity contribution is 9.10. The topological polar surface area (TPSA) is 98.9 Å². The number of nitro benzene ring substituents is 1. The monoisotopic (exact) mass is 387 g/mol. The lowest BCUT2D eigenvalue weighted by Gasteiger charge is -2.38. The number of nitrogens with zero attached hydrogens (tertiary/aromatic N) is 1. The van der Waals surface area contributed by atoms with Crippen LogP contribution >= 0.6 is 15.9 Å². The highest BCUT2D eigenvalue weighted by atomic mass is 79.9. The predicted molar refractivity (Wildman–Crippen MR) is 84.7 cm³/mol. The van der Waals surface area contributed by atoms with Crippen LogP contribution in [0.3, 0.4) is 0 Å². The van der Waals surface area contributed by atoms with E-state index in [9.17, 15) is 20.0 Å². The maximum Gasteiger partial charge on any atom is 0.306 e. The average molecular weight is 388 g/mol. The number of esters is 1. The summed E-state index contributed by atoms with van der Waals surface area (Å²) in [6.07, 6.45) is 0.807. The van der Waals surface area contributed by atoms with Crippen molar-refractivity contribution in [2.45, 2.75) is 44.5 Å². The summed E-state index contributed by atoms with van der Waals surface area (Å²) in [5.41, 5.74) is -0.306. The molecule has 1 aliphatic heterocycles. The summed E-state index contributed by atoms with van der Waals surface area (Å²) in [4.78, 5) is 22.5. The van der Waals surface area contributed by atoms with Gasteiger partial charge >= 0.3 is 5.97 Å². The fourth-order valence-corrected chi connectivity index (χ4v) is 2.91. The maximum absolute atomic E-state index is 11.8. The second-order valence-corrected chi connectivity index (χ2v) is 6.25. The molecule has 2 rings (SSSR count). The molecule has 0 spiro atoms. The number of hydrogen-bond donors (Lipinski definition) is 1. The van der Waals surface area contributed by atoms with Gasteiger partial charge in [-0.2, -0.15) is 0 Å². The number of nitro groups is 1. The molecule has 0 amide bonds. The van der Waals surface area contributed by atoms with E-state index < -0.39 is 22.8 Å². The van der Waals surface area contributed by atoms with Gasteiger partial charge in [-0.3, -0.25) is 14.9 Å². The maximum atomic E-state index is 11.8. The number of halogens is 1. The Balaban J connectivity index is 2.42. The number of rotatable bonds is 5. The Morgan fingerprint density at radius 3 is 3.00 bits per heavy atom. The molecule has 2 atom stereocenters. The van der Waals surface area contributed by atoms with Crippen LogP contribution in [0.4, 0.5) is 5.69 Å². The molecule has 1 aromatic carbocycles. The minimum atomic E-state index is -2.03. The minimum absolute atomic E-state index is 0.0223. The smallest absolute Gasteiger partial charge is 0.306 e. The Kier molecular flexibility index (Phi) is 5.72. The Morgan fingerprint density at radius 2 is 2.35 bits per heavy atom. The zero-order chi connectivity index (χ0) is 17.0. The Morgan fingerprint density at radius 1 is 1.61 bits per heavy atom.